The van der Waals surface area contributed by atoms with Gasteiger partial charge in [0.25, 0.3) is 0 Å². The summed E-state index contributed by atoms with van der Waals surface area (Å²) in [5.74, 6) is 0.689. The molecule has 0 fully saturated rings. The number of nitrogens with one attached hydrogen (secondary N) is 1. The van der Waals surface area contributed by atoms with Crippen molar-refractivity contribution in [1.82, 2.24) is 5.32 Å². The Morgan fingerprint density at radius 3 is 2.45 bits per heavy atom. The van der Waals surface area contributed by atoms with E-state index in [2.05, 4.69) is 19.2 Å². The van der Waals surface area contributed by atoms with E-state index in [-0.39, 0.29) is 6.61 Å². The summed E-state index contributed by atoms with van der Waals surface area (Å²) in [6.07, 6.45) is 0.500. The van der Waals surface area contributed by atoms with Crippen LogP contribution in [-0.2, 0) is 0 Å². The number of hydrogen-bond acceptors (Lipinski definition) is 3. The van der Waals surface area contributed by atoms with E-state index in [1.54, 1.807) is 0 Å². The Morgan fingerprint density at radius 1 is 1.36 bits per heavy atom. The monoisotopic (exact) mass is 161 g/mol. The molecule has 1 atom stereocenters. The van der Waals surface area contributed by atoms with Gasteiger partial charge in [0.2, 0.25) is 0 Å². The Hall–Kier alpha value is -0.120. The lowest BCUT2D eigenvalue weighted by Crippen LogP contribution is -2.30. The summed E-state index contributed by atoms with van der Waals surface area (Å²) in [6, 6.07) is 0. The molecule has 0 aliphatic heterocycles. The van der Waals surface area contributed by atoms with Crippen LogP contribution in [-0.4, -0.2) is 36.0 Å². The molecular weight excluding hydrogens is 142 g/mol. The van der Waals surface area contributed by atoms with E-state index in [0.717, 1.165) is 13.0 Å². The van der Waals surface area contributed by atoms with Crippen LogP contribution in [0, 0.1) is 5.92 Å². The molecule has 0 amide bonds. The van der Waals surface area contributed by atoms with Gasteiger partial charge in [0, 0.05) is 6.54 Å². The van der Waals surface area contributed by atoms with Gasteiger partial charge in [-0.1, -0.05) is 13.8 Å². The molecule has 0 bridgehead atoms. The highest BCUT2D eigenvalue weighted by Crippen LogP contribution is 1.95. The van der Waals surface area contributed by atoms with Crippen molar-refractivity contribution in [2.24, 2.45) is 5.92 Å². The first kappa shape index (κ1) is 10.9. The van der Waals surface area contributed by atoms with Crippen molar-refractivity contribution >= 4 is 0 Å². The second kappa shape index (κ2) is 6.58. The van der Waals surface area contributed by atoms with E-state index in [1.165, 1.54) is 0 Å². The maximum absolute atomic E-state index is 8.91. The minimum atomic E-state index is -0.609. The Bertz CT molecular complexity index is 86.2. The number of hydrogen-bond donors (Lipinski definition) is 3. The van der Waals surface area contributed by atoms with Crippen molar-refractivity contribution < 1.29 is 10.2 Å². The summed E-state index contributed by atoms with van der Waals surface area (Å²) >= 11 is 0. The third kappa shape index (κ3) is 7.78. The molecule has 0 rings (SSSR count). The van der Waals surface area contributed by atoms with Crippen LogP contribution in [0.3, 0.4) is 0 Å². The van der Waals surface area contributed by atoms with Gasteiger partial charge in [-0.3, -0.25) is 0 Å². The molecule has 0 aromatic carbocycles. The Labute approximate surface area is 68.4 Å². The molecule has 0 spiro atoms. The first-order valence-electron chi connectivity index (χ1n) is 4.16. The number of rotatable bonds is 6. The molecule has 0 aliphatic rings. The summed E-state index contributed by atoms with van der Waals surface area (Å²) in [4.78, 5) is 0. The van der Waals surface area contributed by atoms with Gasteiger partial charge in [0.1, 0.15) is 0 Å². The van der Waals surface area contributed by atoms with Gasteiger partial charge in [-0.15, -0.1) is 0 Å². The fraction of sp³-hybridized carbons (Fsp3) is 1.00. The molecule has 0 saturated heterocycles. The van der Waals surface area contributed by atoms with Crippen LogP contribution < -0.4 is 5.32 Å². The SMILES string of the molecule is CC(C)CCNC[C@H](O)CO. The highest BCUT2D eigenvalue weighted by atomic mass is 16.3. The molecule has 11 heavy (non-hydrogen) atoms. The van der Waals surface area contributed by atoms with Crippen LogP contribution in [0.1, 0.15) is 20.3 Å². The summed E-state index contributed by atoms with van der Waals surface area (Å²) in [6.45, 7) is 5.56. The molecule has 0 radical (unpaired) electrons. The highest BCUT2D eigenvalue weighted by molar-refractivity contribution is 4.57. The molecule has 3 N–H and O–H groups in total. The standard InChI is InChI=1S/C8H19NO2/c1-7(2)3-4-9-5-8(11)6-10/h7-11H,3-6H2,1-2H3/t8-/m0/s1. The van der Waals surface area contributed by atoms with E-state index in [0.29, 0.717) is 12.5 Å². The zero-order valence-electron chi connectivity index (χ0n) is 7.38. The highest BCUT2D eigenvalue weighted by Gasteiger charge is 1.99. The zero-order chi connectivity index (χ0) is 8.69. The Morgan fingerprint density at radius 2 is 2.00 bits per heavy atom. The van der Waals surface area contributed by atoms with Crippen molar-refractivity contribution in [2.45, 2.75) is 26.4 Å². The van der Waals surface area contributed by atoms with Gasteiger partial charge in [0.05, 0.1) is 12.7 Å². The quantitative estimate of drug-likeness (QED) is 0.480. The van der Waals surface area contributed by atoms with Crippen molar-refractivity contribution in [2.75, 3.05) is 19.7 Å². The first-order valence-corrected chi connectivity index (χ1v) is 4.16. The fourth-order valence-electron chi connectivity index (χ4n) is 0.724. The Balaban J connectivity index is 3.01. The second-order valence-corrected chi connectivity index (χ2v) is 3.22. The van der Waals surface area contributed by atoms with E-state index in [9.17, 15) is 0 Å². The van der Waals surface area contributed by atoms with Crippen LogP contribution in [0.2, 0.25) is 0 Å². The average Bonchev–Trinajstić information content (AvgIpc) is 1.97. The molecule has 68 valence electrons. The molecule has 0 heterocycles. The minimum absolute atomic E-state index is 0.158. The lowest BCUT2D eigenvalue weighted by atomic mass is 10.1. The van der Waals surface area contributed by atoms with Crippen LogP contribution >= 0.6 is 0 Å². The fourth-order valence-corrected chi connectivity index (χ4v) is 0.724. The van der Waals surface area contributed by atoms with Crippen LogP contribution in [0.5, 0.6) is 0 Å². The molecule has 0 aromatic rings. The predicted octanol–water partition coefficient (Wildman–Crippen LogP) is -0.0247. The van der Waals surface area contributed by atoms with Gasteiger partial charge in [-0.25, -0.2) is 0 Å². The van der Waals surface area contributed by atoms with Gasteiger partial charge >= 0.3 is 0 Å². The third-order valence-corrected chi connectivity index (χ3v) is 1.49. The third-order valence-electron chi connectivity index (χ3n) is 1.49. The lowest BCUT2D eigenvalue weighted by molar-refractivity contribution is 0.0943. The molecule has 0 saturated carbocycles. The van der Waals surface area contributed by atoms with Gasteiger partial charge in [0.15, 0.2) is 0 Å². The topological polar surface area (TPSA) is 52.5 Å². The smallest absolute Gasteiger partial charge is 0.0894 e. The van der Waals surface area contributed by atoms with Crippen LogP contribution in [0.15, 0.2) is 0 Å². The minimum Gasteiger partial charge on any atom is -0.394 e. The van der Waals surface area contributed by atoms with Crippen LogP contribution in [0.25, 0.3) is 0 Å². The molecule has 3 nitrogen and oxygen atoms in total. The van der Waals surface area contributed by atoms with Crippen molar-refractivity contribution in [3.05, 3.63) is 0 Å². The molecule has 3 heteroatoms. The molecule has 0 unspecified atom stereocenters. The maximum Gasteiger partial charge on any atom is 0.0894 e. The van der Waals surface area contributed by atoms with Gasteiger partial charge in [-0.2, -0.15) is 0 Å². The van der Waals surface area contributed by atoms with E-state index in [1.807, 2.05) is 0 Å². The van der Waals surface area contributed by atoms with Crippen molar-refractivity contribution in [1.29, 1.82) is 0 Å². The summed E-state index contributed by atoms with van der Waals surface area (Å²) in [5, 5.41) is 20.4. The predicted molar refractivity (Wildman–Crippen MR) is 45.4 cm³/mol. The number of aliphatic hydroxyl groups is 2. The van der Waals surface area contributed by atoms with E-state index < -0.39 is 6.10 Å². The van der Waals surface area contributed by atoms with E-state index >= 15 is 0 Å². The molecular formula is C8H19NO2. The van der Waals surface area contributed by atoms with E-state index in [4.69, 9.17) is 10.2 Å². The van der Waals surface area contributed by atoms with Gasteiger partial charge in [-0.05, 0) is 18.9 Å². The van der Waals surface area contributed by atoms with Gasteiger partial charge < -0.3 is 15.5 Å². The average molecular weight is 161 g/mol. The first-order chi connectivity index (χ1) is 5.16. The Kier molecular flexibility index (Phi) is 6.51. The largest absolute Gasteiger partial charge is 0.394 e. The second-order valence-electron chi connectivity index (χ2n) is 3.22. The number of aliphatic hydroxyl groups excluding tert-OH is 2. The van der Waals surface area contributed by atoms with Crippen molar-refractivity contribution in [3.63, 3.8) is 0 Å². The van der Waals surface area contributed by atoms with Crippen molar-refractivity contribution in [3.8, 4) is 0 Å². The summed E-state index contributed by atoms with van der Waals surface area (Å²) < 4.78 is 0. The maximum atomic E-state index is 8.91. The summed E-state index contributed by atoms with van der Waals surface area (Å²) in [7, 11) is 0. The normalized spacial score (nSPS) is 13.9. The van der Waals surface area contributed by atoms with Crippen LogP contribution in [0.4, 0.5) is 0 Å². The summed E-state index contributed by atoms with van der Waals surface area (Å²) in [5.41, 5.74) is 0. The zero-order valence-corrected chi connectivity index (χ0v) is 7.38. The lowest BCUT2D eigenvalue weighted by Gasteiger charge is -2.09. The molecule has 0 aromatic heterocycles. The molecule has 0 aliphatic carbocycles.